The first-order valence-electron chi connectivity index (χ1n) is 8.67. The van der Waals surface area contributed by atoms with Crippen LogP contribution in [0.15, 0.2) is 54.6 Å². The maximum atomic E-state index is 12.6. The van der Waals surface area contributed by atoms with Gasteiger partial charge in [-0.15, -0.1) is 0 Å². The highest BCUT2D eigenvalue weighted by atomic mass is 16.2. The normalized spacial score (nSPS) is 12.7. The molecule has 0 saturated heterocycles. The lowest BCUT2D eigenvalue weighted by molar-refractivity contribution is -0.120. The van der Waals surface area contributed by atoms with Gasteiger partial charge in [-0.1, -0.05) is 49.4 Å². The summed E-state index contributed by atoms with van der Waals surface area (Å²) in [5.74, 6) is -1.69. The van der Waals surface area contributed by atoms with Crippen molar-refractivity contribution < 1.29 is 14.4 Å². The molecule has 0 radical (unpaired) electrons. The highest BCUT2D eigenvalue weighted by Gasteiger charge is 2.23. The lowest BCUT2D eigenvalue weighted by Gasteiger charge is -2.20. The van der Waals surface area contributed by atoms with Crippen LogP contribution in [0.25, 0.3) is 0 Å². The number of amides is 3. The molecule has 2 unspecified atom stereocenters. The Balaban J connectivity index is 2.07. The zero-order chi connectivity index (χ0) is 19.8. The van der Waals surface area contributed by atoms with Crippen molar-refractivity contribution in [3.05, 3.63) is 65.7 Å². The number of para-hydroxylation sites is 1. The molecule has 3 amide bonds. The first-order chi connectivity index (χ1) is 12.9. The van der Waals surface area contributed by atoms with Crippen LogP contribution in [0.3, 0.4) is 0 Å². The standard InChI is InChI=1S/C20H24N4O3/c1-13(18(22)14-7-3-2-4-8-14)19(26)24-16-10-6-5-9-15(16)20(27)23-12-11-17(21)25/h2-10,13,18H,11-12,22H2,1H3,(H2,21,25)(H,23,27)(H,24,26). The summed E-state index contributed by atoms with van der Waals surface area (Å²) in [6, 6.07) is 15.5. The molecule has 0 saturated carbocycles. The van der Waals surface area contributed by atoms with E-state index < -0.39 is 23.8 Å². The number of rotatable bonds is 8. The molecule has 0 aliphatic carbocycles. The topological polar surface area (TPSA) is 127 Å². The van der Waals surface area contributed by atoms with Gasteiger partial charge >= 0.3 is 0 Å². The van der Waals surface area contributed by atoms with Crippen LogP contribution in [0.4, 0.5) is 5.69 Å². The predicted octanol–water partition coefficient (Wildman–Crippen LogP) is 1.57. The van der Waals surface area contributed by atoms with Gasteiger partial charge in [-0.3, -0.25) is 14.4 Å². The number of nitrogens with one attached hydrogen (secondary N) is 2. The quantitative estimate of drug-likeness (QED) is 0.564. The molecule has 2 rings (SSSR count). The average Bonchev–Trinajstić information content (AvgIpc) is 2.67. The van der Waals surface area contributed by atoms with E-state index in [9.17, 15) is 14.4 Å². The highest BCUT2D eigenvalue weighted by molar-refractivity contribution is 6.04. The van der Waals surface area contributed by atoms with E-state index in [1.165, 1.54) is 0 Å². The van der Waals surface area contributed by atoms with E-state index >= 15 is 0 Å². The molecule has 6 N–H and O–H groups in total. The Hall–Kier alpha value is -3.19. The molecular formula is C20H24N4O3. The molecule has 27 heavy (non-hydrogen) atoms. The molecule has 2 aromatic carbocycles. The van der Waals surface area contributed by atoms with E-state index in [4.69, 9.17) is 11.5 Å². The summed E-state index contributed by atoms with van der Waals surface area (Å²) in [5.41, 5.74) is 12.8. The van der Waals surface area contributed by atoms with E-state index in [1.807, 2.05) is 30.3 Å². The van der Waals surface area contributed by atoms with E-state index in [0.717, 1.165) is 5.56 Å². The van der Waals surface area contributed by atoms with Crippen LogP contribution in [-0.4, -0.2) is 24.3 Å². The van der Waals surface area contributed by atoms with Gasteiger partial charge in [0, 0.05) is 19.0 Å². The third kappa shape index (κ3) is 5.65. The SMILES string of the molecule is CC(C(=O)Nc1ccccc1C(=O)NCCC(N)=O)C(N)c1ccccc1. The summed E-state index contributed by atoms with van der Waals surface area (Å²) in [5, 5.41) is 5.38. The molecule has 142 valence electrons. The smallest absolute Gasteiger partial charge is 0.253 e. The van der Waals surface area contributed by atoms with Crippen molar-refractivity contribution in [2.45, 2.75) is 19.4 Å². The van der Waals surface area contributed by atoms with Gasteiger partial charge in [-0.25, -0.2) is 0 Å². The highest BCUT2D eigenvalue weighted by Crippen LogP contribution is 2.22. The van der Waals surface area contributed by atoms with Gasteiger partial charge in [-0.2, -0.15) is 0 Å². The Labute approximate surface area is 158 Å². The zero-order valence-electron chi connectivity index (χ0n) is 15.1. The fraction of sp³-hybridized carbons (Fsp3) is 0.250. The van der Waals surface area contributed by atoms with Gasteiger partial charge in [-0.05, 0) is 17.7 Å². The Kier molecular flexibility index (Phi) is 7.08. The molecule has 2 aromatic rings. The first-order valence-corrected chi connectivity index (χ1v) is 8.67. The third-order valence-corrected chi connectivity index (χ3v) is 4.22. The molecule has 0 aromatic heterocycles. The van der Waals surface area contributed by atoms with Gasteiger partial charge in [0.2, 0.25) is 11.8 Å². The molecule has 7 heteroatoms. The Morgan fingerprint density at radius 1 is 1.00 bits per heavy atom. The average molecular weight is 368 g/mol. The Morgan fingerprint density at radius 2 is 1.63 bits per heavy atom. The molecule has 0 spiro atoms. The van der Waals surface area contributed by atoms with Crippen molar-refractivity contribution in [3.8, 4) is 0 Å². The number of benzene rings is 2. The number of hydrogen-bond donors (Lipinski definition) is 4. The van der Waals surface area contributed by atoms with E-state index in [1.54, 1.807) is 31.2 Å². The molecule has 0 heterocycles. The van der Waals surface area contributed by atoms with Gasteiger partial charge in [0.05, 0.1) is 17.2 Å². The summed E-state index contributed by atoms with van der Waals surface area (Å²) >= 11 is 0. The van der Waals surface area contributed by atoms with E-state index in [2.05, 4.69) is 10.6 Å². The number of nitrogens with two attached hydrogens (primary N) is 2. The van der Waals surface area contributed by atoms with Crippen LogP contribution >= 0.6 is 0 Å². The summed E-state index contributed by atoms with van der Waals surface area (Å²) in [6.07, 6.45) is 0.0449. The van der Waals surface area contributed by atoms with Crippen LogP contribution in [0, 0.1) is 5.92 Å². The minimum atomic E-state index is -0.502. The molecule has 7 nitrogen and oxygen atoms in total. The fourth-order valence-corrected chi connectivity index (χ4v) is 2.56. The Morgan fingerprint density at radius 3 is 2.30 bits per heavy atom. The second-order valence-electron chi connectivity index (χ2n) is 6.23. The third-order valence-electron chi connectivity index (χ3n) is 4.22. The second kappa shape index (κ2) is 9.49. The number of carbonyl (C=O) groups excluding carboxylic acids is 3. The van der Waals surface area contributed by atoms with Gasteiger partial charge in [0.15, 0.2) is 0 Å². The minimum absolute atomic E-state index is 0.0449. The van der Waals surface area contributed by atoms with Crippen molar-refractivity contribution in [2.24, 2.45) is 17.4 Å². The van der Waals surface area contributed by atoms with E-state index in [-0.39, 0.29) is 18.9 Å². The lowest BCUT2D eigenvalue weighted by atomic mass is 9.94. The maximum Gasteiger partial charge on any atom is 0.253 e. The largest absolute Gasteiger partial charge is 0.370 e. The van der Waals surface area contributed by atoms with Gasteiger partial charge in [0.25, 0.3) is 5.91 Å². The second-order valence-corrected chi connectivity index (χ2v) is 6.23. The molecule has 0 fully saturated rings. The summed E-state index contributed by atoms with van der Waals surface area (Å²) < 4.78 is 0. The van der Waals surface area contributed by atoms with Crippen LogP contribution in [0.5, 0.6) is 0 Å². The van der Waals surface area contributed by atoms with Crippen LogP contribution in [0.2, 0.25) is 0 Å². The maximum absolute atomic E-state index is 12.6. The monoisotopic (exact) mass is 368 g/mol. The number of carbonyl (C=O) groups is 3. The molecule has 0 bridgehead atoms. The van der Waals surface area contributed by atoms with Gasteiger partial charge in [0.1, 0.15) is 0 Å². The van der Waals surface area contributed by atoms with Crippen molar-refractivity contribution in [1.29, 1.82) is 0 Å². The minimum Gasteiger partial charge on any atom is -0.370 e. The Bertz CT molecular complexity index is 808. The number of primary amides is 1. The van der Waals surface area contributed by atoms with Gasteiger partial charge < -0.3 is 22.1 Å². The zero-order valence-corrected chi connectivity index (χ0v) is 15.1. The predicted molar refractivity (Wildman–Crippen MR) is 104 cm³/mol. The summed E-state index contributed by atoms with van der Waals surface area (Å²) in [4.78, 5) is 35.7. The van der Waals surface area contributed by atoms with Crippen molar-refractivity contribution in [3.63, 3.8) is 0 Å². The van der Waals surface area contributed by atoms with Crippen molar-refractivity contribution >= 4 is 23.4 Å². The van der Waals surface area contributed by atoms with Crippen LogP contribution in [0.1, 0.15) is 35.3 Å². The molecule has 0 aliphatic heterocycles. The summed E-state index contributed by atoms with van der Waals surface area (Å²) in [6.45, 7) is 1.87. The van der Waals surface area contributed by atoms with Crippen molar-refractivity contribution in [2.75, 3.05) is 11.9 Å². The fourth-order valence-electron chi connectivity index (χ4n) is 2.56. The van der Waals surface area contributed by atoms with Crippen LogP contribution in [-0.2, 0) is 9.59 Å². The molecule has 2 atom stereocenters. The van der Waals surface area contributed by atoms with Crippen LogP contribution < -0.4 is 22.1 Å². The number of hydrogen-bond acceptors (Lipinski definition) is 4. The lowest BCUT2D eigenvalue weighted by Crippen LogP contribution is -2.32. The summed E-state index contributed by atoms with van der Waals surface area (Å²) in [7, 11) is 0. The molecule has 0 aliphatic rings. The number of anilines is 1. The van der Waals surface area contributed by atoms with Crippen molar-refractivity contribution in [1.82, 2.24) is 5.32 Å². The molecular weight excluding hydrogens is 344 g/mol. The van der Waals surface area contributed by atoms with E-state index in [0.29, 0.717) is 11.3 Å². The first kappa shape index (κ1) is 20.1.